The van der Waals surface area contributed by atoms with Crippen LogP contribution in [0.4, 0.5) is 0 Å². The molecule has 0 spiro atoms. The van der Waals surface area contributed by atoms with Crippen LogP contribution in [0.5, 0.6) is 0 Å². The predicted molar refractivity (Wildman–Crippen MR) is 59.6 cm³/mol. The Labute approximate surface area is 87.4 Å². The van der Waals surface area contributed by atoms with Gasteiger partial charge >= 0.3 is 0 Å². The molecule has 0 aliphatic carbocycles. The van der Waals surface area contributed by atoms with E-state index < -0.39 is 0 Å². The third kappa shape index (κ3) is 2.47. The van der Waals surface area contributed by atoms with E-state index in [0.29, 0.717) is 6.04 Å². The number of piperazine rings is 1. The fourth-order valence-corrected chi connectivity index (χ4v) is 2.62. The summed E-state index contributed by atoms with van der Waals surface area (Å²) in [6.07, 6.45) is 2.68. The molecule has 2 aliphatic heterocycles. The van der Waals surface area contributed by atoms with Crippen molar-refractivity contribution in [2.75, 3.05) is 39.8 Å². The minimum atomic E-state index is 0.716. The smallest absolute Gasteiger partial charge is 0.0123 e. The Hall–Kier alpha value is -0.120. The number of hydrogen-bond acceptors (Lipinski definition) is 3. The lowest BCUT2D eigenvalue weighted by Crippen LogP contribution is -2.53. The summed E-state index contributed by atoms with van der Waals surface area (Å²) in [5.74, 6) is 0. The maximum Gasteiger partial charge on any atom is 0.0123 e. The van der Waals surface area contributed by atoms with Gasteiger partial charge in [0, 0.05) is 38.3 Å². The van der Waals surface area contributed by atoms with Crippen LogP contribution in [0, 0.1) is 0 Å². The predicted octanol–water partition coefficient (Wildman–Crippen LogP) is 0.374. The third-order valence-corrected chi connectivity index (χ3v) is 3.65. The molecule has 14 heavy (non-hydrogen) atoms. The van der Waals surface area contributed by atoms with Crippen LogP contribution in [0.15, 0.2) is 0 Å². The highest BCUT2D eigenvalue weighted by Crippen LogP contribution is 2.16. The molecular weight excluding hydrogens is 174 g/mol. The van der Waals surface area contributed by atoms with E-state index in [-0.39, 0.29) is 0 Å². The fourth-order valence-electron chi connectivity index (χ4n) is 2.62. The molecule has 2 fully saturated rings. The first kappa shape index (κ1) is 10.4. The zero-order chi connectivity index (χ0) is 9.97. The molecule has 2 aliphatic rings. The third-order valence-electron chi connectivity index (χ3n) is 3.65. The Bertz CT molecular complexity index is 175. The summed E-state index contributed by atoms with van der Waals surface area (Å²) in [5, 5.41) is 3.52. The second-order valence-electron chi connectivity index (χ2n) is 4.87. The lowest BCUT2D eigenvalue weighted by Gasteiger charge is -2.41. The molecule has 82 valence electrons. The van der Waals surface area contributed by atoms with Crippen LogP contribution < -0.4 is 5.32 Å². The fraction of sp³-hybridized carbons (Fsp3) is 1.00. The van der Waals surface area contributed by atoms with Gasteiger partial charge in [-0.2, -0.15) is 0 Å². The van der Waals surface area contributed by atoms with Gasteiger partial charge in [0.15, 0.2) is 0 Å². The lowest BCUT2D eigenvalue weighted by molar-refractivity contribution is 0.0869. The Kier molecular flexibility index (Phi) is 3.42. The minimum Gasteiger partial charge on any atom is -0.314 e. The number of nitrogens with one attached hydrogen (secondary N) is 1. The Morgan fingerprint density at radius 3 is 2.50 bits per heavy atom. The summed E-state index contributed by atoms with van der Waals surface area (Å²) >= 11 is 0. The highest BCUT2D eigenvalue weighted by molar-refractivity contribution is 4.84. The molecule has 2 heterocycles. The number of piperidine rings is 1. The second-order valence-corrected chi connectivity index (χ2v) is 4.87. The van der Waals surface area contributed by atoms with E-state index >= 15 is 0 Å². The van der Waals surface area contributed by atoms with Crippen molar-refractivity contribution in [1.29, 1.82) is 0 Å². The van der Waals surface area contributed by atoms with Gasteiger partial charge in [-0.05, 0) is 33.4 Å². The number of rotatable bonds is 1. The Morgan fingerprint density at radius 2 is 1.86 bits per heavy atom. The topological polar surface area (TPSA) is 18.5 Å². The SMILES string of the molecule is CC1CC(N2CCN(C)CC2)CCN1. The highest BCUT2D eigenvalue weighted by Gasteiger charge is 2.26. The van der Waals surface area contributed by atoms with Crippen molar-refractivity contribution in [3.63, 3.8) is 0 Å². The summed E-state index contributed by atoms with van der Waals surface area (Å²) in [4.78, 5) is 5.12. The first-order valence-electron chi connectivity index (χ1n) is 5.91. The van der Waals surface area contributed by atoms with Crippen LogP contribution in [-0.4, -0.2) is 61.7 Å². The molecule has 2 saturated heterocycles. The molecule has 0 aromatic rings. The summed E-state index contributed by atoms with van der Waals surface area (Å²) in [7, 11) is 2.22. The molecule has 2 rings (SSSR count). The van der Waals surface area contributed by atoms with Crippen LogP contribution in [0.3, 0.4) is 0 Å². The van der Waals surface area contributed by atoms with Crippen LogP contribution in [0.2, 0.25) is 0 Å². The zero-order valence-electron chi connectivity index (χ0n) is 9.50. The second kappa shape index (κ2) is 4.60. The van der Waals surface area contributed by atoms with Crippen LogP contribution in [0.25, 0.3) is 0 Å². The first-order chi connectivity index (χ1) is 6.75. The molecule has 3 nitrogen and oxygen atoms in total. The molecule has 2 atom stereocenters. The van der Waals surface area contributed by atoms with Gasteiger partial charge in [-0.25, -0.2) is 0 Å². The molecular formula is C11H23N3. The summed E-state index contributed by atoms with van der Waals surface area (Å²) in [6.45, 7) is 8.55. The van der Waals surface area contributed by atoms with Crippen molar-refractivity contribution in [3.8, 4) is 0 Å². The van der Waals surface area contributed by atoms with Gasteiger partial charge < -0.3 is 10.2 Å². The first-order valence-corrected chi connectivity index (χ1v) is 5.91. The van der Waals surface area contributed by atoms with Gasteiger partial charge in [0.05, 0.1) is 0 Å². The Balaban J connectivity index is 1.82. The highest BCUT2D eigenvalue weighted by atomic mass is 15.3. The van der Waals surface area contributed by atoms with Crippen molar-refractivity contribution >= 4 is 0 Å². The normalized spacial score (nSPS) is 37.3. The van der Waals surface area contributed by atoms with Gasteiger partial charge in [0.2, 0.25) is 0 Å². The van der Waals surface area contributed by atoms with Crippen molar-refractivity contribution in [3.05, 3.63) is 0 Å². The van der Waals surface area contributed by atoms with Gasteiger partial charge in [-0.3, -0.25) is 4.90 Å². The molecule has 0 aromatic heterocycles. The van der Waals surface area contributed by atoms with Gasteiger partial charge in [0.1, 0.15) is 0 Å². The van der Waals surface area contributed by atoms with Crippen LogP contribution in [-0.2, 0) is 0 Å². The van der Waals surface area contributed by atoms with E-state index in [2.05, 4.69) is 29.1 Å². The summed E-state index contributed by atoms with van der Waals surface area (Å²) in [6, 6.07) is 1.56. The Morgan fingerprint density at radius 1 is 1.14 bits per heavy atom. The van der Waals surface area contributed by atoms with E-state index in [9.17, 15) is 0 Å². The average Bonchev–Trinajstić information content (AvgIpc) is 2.19. The molecule has 0 amide bonds. The van der Waals surface area contributed by atoms with Gasteiger partial charge in [0.25, 0.3) is 0 Å². The monoisotopic (exact) mass is 197 g/mol. The molecule has 2 unspecified atom stereocenters. The van der Waals surface area contributed by atoms with Crippen molar-refractivity contribution < 1.29 is 0 Å². The van der Waals surface area contributed by atoms with Crippen molar-refractivity contribution in [2.24, 2.45) is 0 Å². The molecule has 0 aromatic carbocycles. The largest absolute Gasteiger partial charge is 0.314 e. The van der Waals surface area contributed by atoms with Crippen molar-refractivity contribution in [2.45, 2.75) is 31.8 Å². The van der Waals surface area contributed by atoms with Gasteiger partial charge in [-0.15, -0.1) is 0 Å². The quantitative estimate of drug-likeness (QED) is 0.655. The van der Waals surface area contributed by atoms with E-state index in [1.54, 1.807) is 0 Å². The van der Waals surface area contributed by atoms with Crippen molar-refractivity contribution in [1.82, 2.24) is 15.1 Å². The van der Waals surface area contributed by atoms with Gasteiger partial charge in [-0.1, -0.05) is 0 Å². The lowest BCUT2D eigenvalue weighted by atomic mass is 9.98. The van der Waals surface area contributed by atoms with E-state index in [1.165, 1.54) is 45.6 Å². The average molecular weight is 197 g/mol. The van der Waals surface area contributed by atoms with E-state index in [0.717, 1.165) is 6.04 Å². The number of nitrogens with zero attached hydrogens (tertiary/aromatic N) is 2. The minimum absolute atomic E-state index is 0.716. The maximum atomic E-state index is 3.52. The van der Waals surface area contributed by atoms with E-state index in [4.69, 9.17) is 0 Å². The molecule has 3 heteroatoms. The maximum absolute atomic E-state index is 3.52. The van der Waals surface area contributed by atoms with Crippen LogP contribution >= 0.6 is 0 Å². The molecule has 0 bridgehead atoms. The van der Waals surface area contributed by atoms with E-state index in [1.807, 2.05) is 0 Å². The summed E-state index contributed by atoms with van der Waals surface area (Å²) in [5.41, 5.74) is 0. The van der Waals surface area contributed by atoms with Crippen LogP contribution in [0.1, 0.15) is 19.8 Å². The molecule has 1 N–H and O–H groups in total. The number of hydrogen-bond donors (Lipinski definition) is 1. The number of likely N-dealkylation sites (N-methyl/N-ethyl adjacent to an activating group) is 1. The summed E-state index contributed by atoms with van der Waals surface area (Å²) < 4.78 is 0. The molecule has 0 radical (unpaired) electrons. The standard InChI is InChI=1S/C11H23N3/c1-10-9-11(3-4-12-10)14-7-5-13(2)6-8-14/h10-12H,3-9H2,1-2H3. The zero-order valence-corrected chi connectivity index (χ0v) is 9.50. The molecule has 0 saturated carbocycles.